The number of hydrogen-bond donors (Lipinski definition) is 1. The van der Waals surface area contributed by atoms with E-state index in [1.165, 1.54) is 5.56 Å². The molecule has 130 valence electrons. The Morgan fingerprint density at radius 2 is 1.81 bits per heavy atom. The summed E-state index contributed by atoms with van der Waals surface area (Å²) in [5.74, 6) is 1.01. The number of hydrogen-bond acceptors (Lipinski definition) is 3. The van der Waals surface area contributed by atoms with E-state index in [9.17, 15) is 0 Å². The van der Waals surface area contributed by atoms with Crippen LogP contribution < -0.4 is 5.73 Å². The average molecular weight is 342 g/mol. The third-order valence-electron chi connectivity index (χ3n) is 4.43. The van der Waals surface area contributed by atoms with Crippen LogP contribution in [0.4, 0.5) is 5.82 Å². The predicted octanol–water partition coefficient (Wildman–Crippen LogP) is 4.99. The molecular formula is C22H22N4. The molecule has 4 rings (SSSR count). The summed E-state index contributed by atoms with van der Waals surface area (Å²) in [6, 6.07) is 16.6. The van der Waals surface area contributed by atoms with Crippen molar-refractivity contribution in [1.29, 1.82) is 0 Å². The minimum absolute atomic E-state index is 0.489. The fourth-order valence-corrected chi connectivity index (χ4v) is 3.27. The van der Waals surface area contributed by atoms with Gasteiger partial charge in [0.25, 0.3) is 0 Å². The number of pyridine rings is 1. The molecule has 0 aliphatic heterocycles. The lowest BCUT2D eigenvalue weighted by atomic mass is 10.1. The maximum Gasteiger partial charge on any atom is 0.152 e. The third-order valence-corrected chi connectivity index (χ3v) is 4.43. The Morgan fingerprint density at radius 1 is 1.04 bits per heavy atom. The summed E-state index contributed by atoms with van der Waals surface area (Å²) in [5, 5.41) is 1.09. The van der Waals surface area contributed by atoms with Gasteiger partial charge in [-0.15, -0.1) is 0 Å². The molecule has 4 aromatic rings. The van der Waals surface area contributed by atoms with Crippen molar-refractivity contribution in [2.24, 2.45) is 5.92 Å². The molecule has 2 N–H and O–H groups in total. The van der Waals surface area contributed by atoms with Crippen LogP contribution >= 0.6 is 0 Å². The second kappa shape index (κ2) is 6.64. The van der Waals surface area contributed by atoms with Crippen molar-refractivity contribution in [2.45, 2.75) is 20.4 Å². The molecule has 0 amide bonds. The van der Waals surface area contributed by atoms with Crippen LogP contribution in [0.5, 0.6) is 0 Å². The number of nitrogens with two attached hydrogens (primary N) is 1. The molecule has 2 aromatic heterocycles. The summed E-state index contributed by atoms with van der Waals surface area (Å²) < 4.78 is 2.19. The fraction of sp³-hybridized carbons (Fsp3) is 0.182. The molecule has 0 fully saturated rings. The van der Waals surface area contributed by atoms with Crippen LogP contribution in [0.2, 0.25) is 0 Å². The Labute approximate surface area is 153 Å². The molecule has 0 aliphatic carbocycles. The maximum absolute atomic E-state index is 6.14. The second-order valence-corrected chi connectivity index (χ2v) is 7.01. The number of imidazole rings is 1. The van der Waals surface area contributed by atoms with Crippen LogP contribution in [0.15, 0.2) is 54.9 Å². The molecule has 26 heavy (non-hydrogen) atoms. The SMILES string of the molecule is CC(C)Cn1cnc2c(N)nc3ccc(/C=C/c4ccccc4)cc3c21. The zero-order valence-corrected chi connectivity index (χ0v) is 15.1. The minimum atomic E-state index is 0.489. The largest absolute Gasteiger partial charge is 0.382 e. The van der Waals surface area contributed by atoms with E-state index < -0.39 is 0 Å². The highest BCUT2D eigenvalue weighted by Gasteiger charge is 2.13. The van der Waals surface area contributed by atoms with Crippen LogP contribution in [0.1, 0.15) is 25.0 Å². The topological polar surface area (TPSA) is 56.7 Å². The van der Waals surface area contributed by atoms with Crippen molar-refractivity contribution in [1.82, 2.24) is 14.5 Å². The molecule has 2 aromatic carbocycles. The summed E-state index contributed by atoms with van der Waals surface area (Å²) in [5.41, 5.74) is 11.2. The highest BCUT2D eigenvalue weighted by molar-refractivity contribution is 6.07. The Balaban J connectivity index is 1.86. The molecule has 0 saturated carbocycles. The van der Waals surface area contributed by atoms with Gasteiger partial charge in [0, 0.05) is 11.9 Å². The lowest BCUT2D eigenvalue weighted by Gasteiger charge is -2.10. The number of nitrogens with zero attached hydrogens (tertiary/aromatic N) is 3. The van der Waals surface area contributed by atoms with E-state index in [4.69, 9.17) is 5.73 Å². The smallest absolute Gasteiger partial charge is 0.152 e. The summed E-state index contributed by atoms with van der Waals surface area (Å²) in [6.45, 7) is 5.30. The van der Waals surface area contributed by atoms with Gasteiger partial charge < -0.3 is 10.3 Å². The molecule has 0 aliphatic rings. The predicted molar refractivity (Wildman–Crippen MR) is 110 cm³/mol. The number of benzene rings is 2. The summed E-state index contributed by atoms with van der Waals surface area (Å²) in [4.78, 5) is 9.04. The lowest BCUT2D eigenvalue weighted by molar-refractivity contribution is 0.533. The zero-order chi connectivity index (χ0) is 18.1. The van der Waals surface area contributed by atoms with Crippen LogP contribution in [0, 0.1) is 5.92 Å². The molecule has 4 heteroatoms. The van der Waals surface area contributed by atoms with E-state index in [2.05, 4.69) is 64.8 Å². The van der Waals surface area contributed by atoms with Gasteiger partial charge in [-0.05, 0) is 29.2 Å². The van der Waals surface area contributed by atoms with Gasteiger partial charge in [-0.3, -0.25) is 0 Å². The van der Waals surface area contributed by atoms with Gasteiger partial charge in [-0.25, -0.2) is 9.97 Å². The quantitative estimate of drug-likeness (QED) is 0.531. The van der Waals surface area contributed by atoms with Gasteiger partial charge in [0.15, 0.2) is 5.82 Å². The monoisotopic (exact) mass is 342 g/mol. The third kappa shape index (κ3) is 3.06. The fourth-order valence-electron chi connectivity index (χ4n) is 3.27. The van der Waals surface area contributed by atoms with Gasteiger partial charge >= 0.3 is 0 Å². The molecule has 0 bridgehead atoms. The number of anilines is 1. The van der Waals surface area contributed by atoms with E-state index in [0.717, 1.165) is 34.0 Å². The first-order chi connectivity index (χ1) is 12.6. The summed E-state index contributed by atoms with van der Waals surface area (Å²) >= 11 is 0. The van der Waals surface area contributed by atoms with Crippen molar-refractivity contribution >= 4 is 39.9 Å². The highest BCUT2D eigenvalue weighted by atomic mass is 15.1. The van der Waals surface area contributed by atoms with E-state index in [0.29, 0.717) is 11.7 Å². The van der Waals surface area contributed by atoms with Crippen molar-refractivity contribution in [3.63, 3.8) is 0 Å². The molecule has 0 saturated heterocycles. The van der Waals surface area contributed by atoms with Gasteiger partial charge in [-0.1, -0.05) is 62.4 Å². The summed E-state index contributed by atoms with van der Waals surface area (Å²) in [7, 11) is 0. The molecule has 4 nitrogen and oxygen atoms in total. The number of nitrogen functional groups attached to an aromatic ring is 1. The average Bonchev–Trinajstić information content (AvgIpc) is 3.05. The molecule has 0 spiro atoms. The summed E-state index contributed by atoms with van der Waals surface area (Å²) in [6.07, 6.45) is 6.11. The molecule has 0 radical (unpaired) electrons. The van der Waals surface area contributed by atoms with Gasteiger partial charge in [-0.2, -0.15) is 0 Å². The highest BCUT2D eigenvalue weighted by Crippen LogP contribution is 2.29. The number of aromatic nitrogens is 3. The first-order valence-electron chi connectivity index (χ1n) is 8.89. The lowest BCUT2D eigenvalue weighted by Crippen LogP contribution is -2.03. The Bertz CT molecular complexity index is 1090. The minimum Gasteiger partial charge on any atom is -0.382 e. The van der Waals surface area contributed by atoms with Crippen LogP contribution in [-0.4, -0.2) is 14.5 Å². The number of fused-ring (bicyclic) bond motifs is 3. The van der Waals surface area contributed by atoms with E-state index in [1.807, 2.05) is 30.6 Å². The Morgan fingerprint density at radius 3 is 2.58 bits per heavy atom. The van der Waals surface area contributed by atoms with Crippen molar-refractivity contribution in [3.05, 3.63) is 66.0 Å². The second-order valence-electron chi connectivity index (χ2n) is 7.01. The first-order valence-corrected chi connectivity index (χ1v) is 8.89. The van der Waals surface area contributed by atoms with Gasteiger partial charge in [0.2, 0.25) is 0 Å². The standard InChI is InChI=1S/C22H22N4/c1-15(2)13-26-14-24-20-21(26)18-12-17(10-11-19(18)25-22(20)23)9-8-16-6-4-3-5-7-16/h3-12,14-15H,13H2,1-2H3,(H2,23,25)/b9-8+. The van der Waals surface area contributed by atoms with Crippen molar-refractivity contribution in [2.75, 3.05) is 5.73 Å². The first kappa shape index (κ1) is 16.3. The number of rotatable bonds is 4. The maximum atomic E-state index is 6.14. The van der Waals surface area contributed by atoms with Crippen LogP contribution in [0.3, 0.4) is 0 Å². The van der Waals surface area contributed by atoms with Crippen LogP contribution in [-0.2, 0) is 6.54 Å². The van der Waals surface area contributed by atoms with E-state index in [-0.39, 0.29) is 0 Å². The molecule has 0 atom stereocenters. The molecule has 0 unspecified atom stereocenters. The van der Waals surface area contributed by atoms with Crippen LogP contribution in [0.25, 0.3) is 34.1 Å². The zero-order valence-electron chi connectivity index (χ0n) is 15.1. The molecular weight excluding hydrogens is 320 g/mol. The molecule has 2 heterocycles. The van der Waals surface area contributed by atoms with Crippen molar-refractivity contribution in [3.8, 4) is 0 Å². The van der Waals surface area contributed by atoms with Crippen molar-refractivity contribution < 1.29 is 0 Å². The normalized spacial score (nSPS) is 12.0. The Kier molecular flexibility index (Phi) is 4.17. The van der Waals surface area contributed by atoms with E-state index >= 15 is 0 Å². The Hall–Kier alpha value is -3.14. The van der Waals surface area contributed by atoms with Gasteiger partial charge in [0.1, 0.15) is 5.52 Å². The van der Waals surface area contributed by atoms with E-state index in [1.54, 1.807) is 0 Å². The van der Waals surface area contributed by atoms with Gasteiger partial charge in [0.05, 0.1) is 17.4 Å².